The SMILES string of the molecule is COC1=CC=CC(C(=O)S)C1(C)OC. The molecule has 0 aliphatic heterocycles. The van der Waals surface area contributed by atoms with Gasteiger partial charge in [0.05, 0.1) is 13.0 Å². The maximum Gasteiger partial charge on any atom is 0.196 e. The van der Waals surface area contributed by atoms with E-state index in [1.807, 2.05) is 6.92 Å². The number of methoxy groups -OCH3 is 2. The standard InChI is InChI=1S/C10H14O3S/c1-10(13-3)7(9(11)14)5-4-6-8(10)12-2/h4-7H,1-3H3,(H,11,14). The fraction of sp³-hybridized carbons (Fsp3) is 0.500. The monoisotopic (exact) mass is 214 g/mol. The molecule has 0 aromatic heterocycles. The third-order valence-corrected chi connectivity index (χ3v) is 2.82. The van der Waals surface area contributed by atoms with Gasteiger partial charge in [0.15, 0.2) is 5.12 Å². The van der Waals surface area contributed by atoms with E-state index in [1.54, 1.807) is 32.4 Å². The largest absolute Gasteiger partial charge is 0.498 e. The van der Waals surface area contributed by atoms with Crippen molar-refractivity contribution in [2.45, 2.75) is 12.5 Å². The van der Waals surface area contributed by atoms with Gasteiger partial charge in [-0.1, -0.05) is 12.2 Å². The summed E-state index contributed by atoms with van der Waals surface area (Å²) in [6.07, 6.45) is 5.33. The highest BCUT2D eigenvalue weighted by molar-refractivity contribution is 7.96. The number of rotatable bonds is 3. The minimum Gasteiger partial charge on any atom is -0.498 e. The lowest BCUT2D eigenvalue weighted by atomic mass is 9.84. The van der Waals surface area contributed by atoms with E-state index < -0.39 is 11.5 Å². The summed E-state index contributed by atoms with van der Waals surface area (Å²) in [6.45, 7) is 1.81. The minimum absolute atomic E-state index is 0.228. The number of hydrogen-bond donors (Lipinski definition) is 1. The van der Waals surface area contributed by atoms with Crippen molar-refractivity contribution in [1.29, 1.82) is 0 Å². The topological polar surface area (TPSA) is 35.5 Å². The zero-order valence-electron chi connectivity index (χ0n) is 8.48. The van der Waals surface area contributed by atoms with Crippen molar-refractivity contribution in [2.24, 2.45) is 5.92 Å². The van der Waals surface area contributed by atoms with Gasteiger partial charge in [-0.25, -0.2) is 0 Å². The fourth-order valence-corrected chi connectivity index (χ4v) is 1.91. The van der Waals surface area contributed by atoms with E-state index in [2.05, 4.69) is 12.6 Å². The van der Waals surface area contributed by atoms with Gasteiger partial charge in [-0.3, -0.25) is 4.79 Å². The quantitative estimate of drug-likeness (QED) is 0.724. The Hall–Kier alpha value is -0.740. The van der Waals surface area contributed by atoms with Crippen molar-refractivity contribution in [3.63, 3.8) is 0 Å². The molecule has 14 heavy (non-hydrogen) atoms. The van der Waals surface area contributed by atoms with Gasteiger partial charge in [-0.15, -0.1) is 12.6 Å². The number of hydrogen-bond acceptors (Lipinski definition) is 3. The van der Waals surface area contributed by atoms with Gasteiger partial charge in [0.25, 0.3) is 0 Å². The first-order chi connectivity index (χ1) is 6.56. The average Bonchev–Trinajstić information content (AvgIpc) is 2.17. The molecule has 0 saturated heterocycles. The van der Waals surface area contributed by atoms with Gasteiger partial charge in [-0.05, 0) is 13.0 Å². The Labute approximate surface area is 89.2 Å². The summed E-state index contributed by atoms with van der Waals surface area (Å²) in [5, 5.41) is -0.228. The summed E-state index contributed by atoms with van der Waals surface area (Å²) in [4.78, 5) is 11.3. The predicted octanol–water partition coefficient (Wildman–Crippen LogP) is 1.56. The summed E-state index contributed by atoms with van der Waals surface area (Å²) in [7, 11) is 3.11. The van der Waals surface area contributed by atoms with E-state index in [0.717, 1.165) is 0 Å². The van der Waals surface area contributed by atoms with E-state index in [0.29, 0.717) is 5.76 Å². The molecule has 0 aromatic rings. The zero-order valence-corrected chi connectivity index (χ0v) is 9.38. The van der Waals surface area contributed by atoms with E-state index in [1.165, 1.54) is 0 Å². The maximum atomic E-state index is 11.3. The van der Waals surface area contributed by atoms with Gasteiger partial charge in [0.2, 0.25) is 0 Å². The highest BCUT2D eigenvalue weighted by atomic mass is 32.1. The van der Waals surface area contributed by atoms with E-state index in [-0.39, 0.29) is 5.12 Å². The van der Waals surface area contributed by atoms with Crippen LogP contribution in [-0.2, 0) is 14.3 Å². The highest BCUT2D eigenvalue weighted by Gasteiger charge is 2.42. The van der Waals surface area contributed by atoms with E-state index in [4.69, 9.17) is 9.47 Å². The average molecular weight is 214 g/mol. The maximum absolute atomic E-state index is 11.3. The predicted molar refractivity (Wildman–Crippen MR) is 57.1 cm³/mol. The molecular weight excluding hydrogens is 200 g/mol. The van der Waals surface area contributed by atoms with Crippen LogP contribution in [0.5, 0.6) is 0 Å². The molecule has 0 heterocycles. The molecule has 1 aliphatic carbocycles. The third-order valence-electron chi connectivity index (χ3n) is 2.54. The number of ether oxygens (including phenoxy) is 2. The van der Waals surface area contributed by atoms with Crippen LogP contribution in [0.3, 0.4) is 0 Å². The molecule has 2 atom stereocenters. The van der Waals surface area contributed by atoms with Crippen LogP contribution < -0.4 is 0 Å². The summed E-state index contributed by atoms with van der Waals surface area (Å²) in [6, 6.07) is 0. The zero-order chi connectivity index (χ0) is 10.8. The molecule has 4 heteroatoms. The first kappa shape index (κ1) is 11.3. The lowest BCUT2D eigenvalue weighted by Crippen LogP contribution is -2.42. The minimum atomic E-state index is -0.748. The van der Waals surface area contributed by atoms with Gasteiger partial charge in [0.1, 0.15) is 11.4 Å². The summed E-state index contributed by atoms with van der Waals surface area (Å²) >= 11 is 3.83. The van der Waals surface area contributed by atoms with Crippen LogP contribution in [0.4, 0.5) is 0 Å². The molecule has 1 aliphatic rings. The molecule has 0 radical (unpaired) electrons. The Bertz CT molecular complexity index is 296. The third kappa shape index (κ3) is 1.72. The van der Waals surface area contributed by atoms with Crippen LogP contribution in [0.25, 0.3) is 0 Å². The molecule has 0 saturated carbocycles. The molecule has 0 spiro atoms. The van der Waals surface area contributed by atoms with Crippen molar-refractivity contribution < 1.29 is 14.3 Å². The van der Waals surface area contributed by atoms with Crippen LogP contribution in [0, 0.1) is 5.92 Å². The van der Waals surface area contributed by atoms with Crippen molar-refractivity contribution in [3.8, 4) is 0 Å². The first-order valence-electron chi connectivity index (χ1n) is 4.27. The molecule has 2 unspecified atom stereocenters. The molecule has 0 amide bonds. The summed E-state index contributed by atoms with van der Waals surface area (Å²) in [5.74, 6) is 0.227. The first-order valence-corrected chi connectivity index (χ1v) is 4.72. The van der Waals surface area contributed by atoms with Gasteiger partial charge < -0.3 is 9.47 Å². The Morgan fingerprint density at radius 2 is 2.21 bits per heavy atom. The fourth-order valence-electron chi connectivity index (χ4n) is 1.57. The Morgan fingerprint density at radius 1 is 1.57 bits per heavy atom. The lowest BCUT2D eigenvalue weighted by molar-refractivity contribution is -0.121. The Balaban J connectivity index is 3.08. The van der Waals surface area contributed by atoms with Crippen LogP contribution in [0.1, 0.15) is 6.92 Å². The van der Waals surface area contributed by atoms with E-state index >= 15 is 0 Å². The van der Waals surface area contributed by atoms with E-state index in [9.17, 15) is 4.79 Å². The molecule has 78 valence electrons. The second-order valence-electron chi connectivity index (χ2n) is 3.25. The van der Waals surface area contributed by atoms with Crippen molar-refractivity contribution in [3.05, 3.63) is 24.0 Å². The highest BCUT2D eigenvalue weighted by Crippen LogP contribution is 2.35. The number of allylic oxidation sites excluding steroid dienone is 2. The van der Waals surface area contributed by atoms with Gasteiger partial charge >= 0.3 is 0 Å². The molecular formula is C10H14O3S. The number of carbonyl (C=O) groups is 1. The molecule has 0 N–H and O–H groups in total. The van der Waals surface area contributed by atoms with Crippen molar-refractivity contribution in [1.82, 2.24) is 0 Å². The summed E-state index contributed by atoms with van der Waals surface area (Å²) in [5.41, 5.74) is -0.748. The molecule has 0 bridgehead atoms. The second kappa shape index (κ2) is 4.19. The molecule has 0 fully saturated rings. The Morgan fingerprint density at radius 3 is 2.64 bits per heavy atom. The van der Waals surface area contributed by atoms with Crippen LogP contribution >= 0.6 is 12.6 Å². The second-order valence-corrected chi connectivity index (χ2v) is 3.69. The van der Waals surface area contributed by atoms with Gasteiger partial charge in [-0.2, -0.15) is 0 Å². The van der Waals surface area contributed by atoms with Crippen LogP contribution in [0.15, 0.2) is 24.0 Å². The molecule has 0 aromatic carbocycles. The number of carbonyl (C=O) groups excluding carboxylic acids is 1. The van der Waals surface area contributed by atoms with Crippen molar-refractivity contribution in [2.75, 3.05) is 14.2 Å². The lowest BCUT2D eigenvalue weighted by Gasteiger charge is -2.35. The molecule has 3 nitrogen and oxygen atoms in total. The smallest absolute Gasteiger partial charge is 0.196 e. The van der Waals surface area contributed by atoms with Gasteiger partial charge in [0, 0.05) is 7.11 Å². The van der Waals surface area contributed by atoms with Crippen LogP contribution in [0.2, 0.25) is 0 Å². The normalized spacial score (nSPS) is 31.1. The van der Waals surface area contributed by atoms with Crippen molar-refractivity contribution >= 4 is 17.7 Å². The molecule has 1 rings (SSSR count). The van der Waals surface area contributed by atoms with Crippen LogP contribution in [-0.4, -0.2) is 24.9 Å². The summed E-state index contributed by atoms with van der Waals surface area (Å²) < 4.78 is 10.5. The Kier molecular flexibility index (Phi) is 3.39. The number of thiol groups is 1.